The Morgan fingerprint density at radius 2 is 1.66 bits per heavy atom. The topological polar surface area (TPSA) is 104 Å². The monoisotopic (exact) mass is 455 g/mol. The lowest BCUT2D eigenvalue weighted by atomic mass is 10.1. The number of carbonyl (C=O) groups excluding carboxylic acids is 2. The van der Waals surface area contributed by atoms with Gasteiger partial charge in [0.25, 0.3) is 21.8 Å². The third-order valence-corrected chi connectivity index (χ3v) is 6.11. The number of sulfonamides is 1. The fourth-order valence-electron chi connectivity index (χ4n) is 2.99. The zero-order valence-electron chi connectivity index (χ0n) is 17.5. The van der Waals surface area contributed by atoms with E-state index in [2.05, 4.69) is 15.4 Å². The number of hydrogen-bond donors (Lipinski definition) is 3. The van der Waals surface area contributed by atoms with Crippen LogP contribution in [0.25, 0.3) is 0 Å². The lowest BCUT2D eigenvalue weighted by Crippen LogP contribution is -2.25. The molecule has 2 amide bonds. The second-order valence-corrected chi connectivity index (χ2v) is 8.73. The molecule has 0 saturated carbocycles. The maximum atomic E-state index is 13.1. The summed E-state index contributed by atoms with van der Waals surface area (Å²) >= 11 is 0. The largest absolute Gasteiger partial charge is 0.355 e. The first-order chi connectivity index (χ1) is 15.2. The summed E-state index contributed by atoms with van der Waals surface area (Å²) in [6, 6.07) is 15.9. The predicted molar refractivity (Wildman–Crippen MR) is 119 cm³/mol. The van der Waals surface area contributed by atoms with Gasteiger partial charge in [-0.25, -0.2) is 12.8 Å². The molecule has 0 bridgehead atoms. The highest BCUT2D eigenvalue weighted by Crippen LogP contribution is 2.20. The summed E-state index contributed by atoms with van der Waals surface area (Å²) in [6.45, 7) is 1.86. The number of hydrogen-bond acceptors (Lipinski definition) is 4. The van der Waals surface area contributed by atoms with Crippen LogP contribution in [0.2, 0.25) is 0 Å². The maximum absolute atomic E-state index is 13.1. The number of halogens is 1. The fourth-order valence-corrected chi connectivity index (χ4v) is 4.07. The summed E-state index contributed by atoms with van der Waals surface area (Å²) in [5.41, 5.74) is 2.19. The number of carbonyl (C=O) groups is 2. The molecular formula is C23H22FN3O4S. The standard InChI is InChI=1S/C23H22FN3O4S/c1-15-6-11-20(32(30,31)27-19-9-7-18(24)8-10-19)13-21(15)23(29)26-14-16-4-3-5-17(12-16)22(28)25-2/h3-13,27H,14H2,1-2H3,(H,25,28)(H,26,29). The Hall–Kier alpha value is -3.72. The van der Waals surface area contributed by atoms with Crippen molar-refractivity contribution in [3.63, 3.8) is 0 Å². The molecule has 0 radical (unpaired) electrons. The highest BCUT2D eigenvalue weighted by molar-refractivity contribution is 7.92. The van der Waals surface area contributed by atoms with Gasteiger partial charge in [0.2, 0.25) is 0 Å². The number of amides is 2. The van der Waals surface area contributed by atoms with Gasteiger partial charge in [-0.1, -0.05) is 18.2 Å². The normalized spacial score (nSPS) is 11.0. The molecule has 0 aliphatic rings. The summed E-state index contributed by atoms with van der Waals surface area (Å²) in [5, 5.41) is 5.29. The SMILES string of the molecule is CNC(=O)c1cccc(CNC(=O)c2cc(S(=O)(=O)Nc3ccc(F)cc3)ccc2C)c1. The Balaban J connectivity index is 1.77. The smallest absolute Gasteiger partial charge is 0.261 e. The van der Waals surface area contributed by atoms with Crippen LogP contribution in [-0.4, -0.2) is 27.3 Å². The summed E-state index contributed by atoms with van der Waals surface area (Å²) in [5.74, 6) is -1.17. The third kappa shape index (κ3) is 5.50. The van der Waals surface area contributed by atoms with Crippen molar-refractivity contribution in [3.05, 3.63) is 94.8 Å². The fraction of sp³-hybridized carbons (Fsp3) is 0.130. The molecule has 0 aliphatic carbocycles. The van der Waals surface area contributed by atoms with Crippen LogP contribution in [0.4, 0.5) is 10.1 Å². The van der Waals surface area contributed by atoms with Gasteiger partial charge in [0.15, 0.2) is 0 Å². The van der Waals surface area contributed by atoms with Gasteiger partial charge in [0.05, 0.1) is 4.90 Å². The molecule has 32 heavy (non-hydrogen) atoms. The highest BCUT2D eigenvalue weighted by Gasteiger charge is 2.18. The second-order valence-electron chi connectivity index (χ2n) is 7.05. The summed E-state index contributed by atoms with van der Waals surface area (Å²) in [6.07, 6.45) is 0. The lowest BCUT2D eigenvalue weighted by Gasteiger charge is -2.12. The van der Waals surface area contributed by atoms with E-state index < -0.39 is 21.7 Å². The molecule has 3 rings (SSSR count). The van der Waals surface area contributed by atoms with Crippen molar-refractivity contribution in [1.29, 1.82) is 0 Å². The Labute approximate surface area is 185 Å². The molecule has 0 spiro atoms. The molecule has 0 atom stereocenters. The first-order valence-electron chi connectivity index (χ1n) is 9.68. The van der Waals surface area contributed by atoms with Gasteiger partial charge in [-0.2, -0.15) is 0 Å². The van der Waals surface area contributed by atoms with Crippen LogP contribution in [0.1, 0.15) is 31.8 Å². The van der Waals surface area contributed by atoms with Crippen molar-refractivity contribution in [3.8, 4) is 0 Å². The quantitative estimate of drug-likeness (QED) is 0.509. The minimum Gasteiger partial charge on any atom is -0.355 e. The van der Waals surface area contributed by atoms with Crippen LogP contribution in [0, 0.1) is 12.7 Å². The van der Waals surface area contributed by atoms with E-state index in [-0.39, 0.29) is 28.6 Å². The lowest BCUT2D eigenvalue weighted by molar-refractivity contribution is 0.0948. The molecule has 0 fully saturated rings. The number of nitrogens with one attached hydrogen (secondary N) is 3. The third-order valence-electron chi connectivity index (χ3n) is 4.73. The van der Waals surface area contributed by atoms with Crippen molar-refractivity contribution < 1.29 is 22.4 Å². The van der Waals surface area contributed by atoms with E-state index in [0.717, 1.165) is 17.7 Å². The van der Waals surface area contributed by atoms with E-state index >= 15 is 0 Å². The predicted octanol–water partition coefficient (Wildman–Crippen LogP) is 3.22. The van der Waals surface area contributed by atoms with Gasteiger partial charge >= 0.3 is 0 Å². The van der Waals surface area contributed by atoms with Gasteiger partial charge in [0, 0.05) is 30.4 Å². The van der Waals surface area contributed by atoms with E-state index in [9.17, 15) is 22.4 Å². The Morgan fingerprint density at radius 1 is 0.938 bits per heavy atom. The zero-order valence-corrected chi connectivity index (χ0v) is 18.3. The summed E-state index contributed by atoms with van der Waals surface area (Å²) < 4.78 is 40.8. The van der Waals surface area contributed by atoms with Gasteiger partial charge in [-0.15, -0.1) is 0 Å². The summed E-state index contributed by atoms with van der Waals surface area (Å²) in [4.78, 5) is 24.4. The van der Waals surface area contributed by atoms with Crippen molar-refractivity contribution in [1.82, 2.24) is 10.6 Å². The van der Waals surface area contributed by atoms with E-state index in [1.807, 2.05) is 0 Å². The van der Waals surface area contributed by atoms with Crippen LogP contribution in [0.15, 0.2) is 71.6 Å². The molecule has 166 valence electrons. The molecule has 3 N–H and O–H groups in total. The van der Waals surface area contributed by atoms with Crippen LogP contribution in [0.5, 0.6) is 0 Å². The molecule has 0 aromatic heterocycles. The average Bonchev–Trinajstić information content (AvgIpc) is 2.78. The number of aryl methyl sites for hydroxylation is 1. The van der Waals surface area contributed by atoms with Gasteiger partial charge < -0.3 is 10.6 Å². The minimum absolute atomic E-state index is 0.0980. The first kappa shape index (κ1) is 23.0. The minimum atomic E-state index is -3.98. The molecule has 3 aromatic carbocycles. The van der Waals surface area contributed by atoms with Gasteiger partial charge in [-0.05, 0) is 66.6 Å². The molecule has 0 aliphatic heterocycles. The van der Waals surface area contributed by atoms with E-state index in [1.165, 1.54) is 31.3 Å². The van der Waals surface area contributed by atoms with Crippen LogP contribution in [0.3, 0.4) is 0 Å². The number of rotatable bonds is 7. The van der Waals surface area contributed by atoms with E-state index in [1.54, 1.807) is 37.3 Å². The van der Waals surface area contributed by atoms with Crippen molar-refractivity contribution in [2.45, 2.75) is 18.4 Å². The van der Waals surface area contributed by atoms with Gasteiger partial charge in [-0.3, -0.25) is 14.3 Å². The van der Waals surface area contributed by atoms with Crippen LogP contribution < -0.4 is 15.4 Å². The maximum Gasteiger partial charge on any atom is 0.261 e. The molecular weight excluding hydrogens is 433 g/mol. The Kier molecular flexibility index (Phi) is 6.89. The van der Waals surface area contributed by atoms with Crippen molar-refractivity contribution in [2.24, 2.45) is 0 Å². The Morgan fingerprint density at radius 3 is 2.34 bits per heavy atom. The Bertz CT molecular complexity index is 1260. The molecule has 9 heteroatoms. The molecule has 3 aromatic rings. The van der Waals surface area contributed by atoms with Gasteiger partial charge in [0.1, 0.15) is 5.82 Å². The van der Waals surface area contributed by atoms with E-state index in [0.29, 0.717) is 11.1 Å². The van der Waals surface area contributed by atoms with E-state index in [4.69, 9.17) is 0 Å². The average molecular weight is 456 g/mol. The molecule has 0 saturated heterocycles. The number of anilines is 1. The van der Waals surface area contributed by atoms with Crippen molar-refractivity contribution in [2.75, 3.05) is 11.8 Å². The second kappa shape index (κ2) is 9.61. The van der Waals surface area contributed by atoms with Crippen LogP contribution >= 0.6 is 0 Å². The zero-order chi connectivity index (χ0) is 23.3. The first-order valence-corrected chi connectivity index (χ1v) is 11.2. The highest BCUT2D eigenvalue weighted by atomic mass is 32.2. The number of benzene rings is 3. The molecule has 0 unspecified atom stereocenters. The molecule has 7 nitrogen and oxygen atoms in total. The summed E-state index contributed by atoms with van der Waals surface area (Å²) in [7, 11) is -2.45. The van der Waals surface area contributed by atoms with Crippen molar-refractivity contribution >= 4 is 27.5 Å². The van der Waals surface area contributed by atoms with Crippen LogP contribution in [-0.2, 0) is 16.6 Å². The molecule has 0 heterocycles.